The Balaban J connectivity index is 1.29. The average Bonchev–Trinajstić information content (AvgIpc) is 3.55. The van der Waals surface area contributed by atoms with Crippen molar-refractivity contribution in [2.24, 2.45) is 10.9 Å². The first-order valence-electron chi connectivity index (χ1n) is 11.6. The molecule has 1 amide bonds. The third-order valence-electron chi connectivity index (χ3n) is 6.26. The van der Waals surface area contributed by atoms with E-state index >= 15 is 0 Å². The topological polar surface area (TPSA) is 74.6 Å². The first-order valence-corrected chi connectivity index (χ1v) is 11.6. The van der Waals surface area contributed by atoms with Gasteiger partial charge in [-0.25, -0.2) is 9.98 Å². The van der Waals surface area contributed by atoms with Gasteiger partial charge in [-0.2, -0.15) is 0 Å². The number of benzene rings is 1. The van der Waals surface area contributed by atoms with Crippen LogP contribution in [0.1, 0.15) is 50.2 Å². The zero-order valence-corrected chi connectivity index (χ0v) is 18.5. The van der Waals surface area contributed by atoms with Crippen LogP contribution in [-0.4, -0.2) is 52.0 Å². The molecule has 7 nitrogen and oxygen atoms in total. The molecule has 1 atom stereocenters. The van der Waals surface area contributed by atoms with E-state index in [1.165, 1.54) is 24.0 Å². The smallest absolute Gasteiger partial charge is 0.225 e. The summed E-state index contributed by atoms with van der Waals surface area (Å²) < 4.78 is 2.06. The number of nitrogens with zero attached hydrogens (tertiary/aromatic N) is 4. The summed E-state index contributed by atoms with van der Waals surface area (Å²) in [5, 5.41) is 6.88. The Morgan fingerprint density at radius 3 is 2.65 bits per heavy atom. The highest BCUT2D eigenvalue weighted by atomic mass is 16.2. The van der Waals surface area contributed by atoms with Crippen molar-refractivity contribution in [2.45, 2.75) is 58.2 Å². The lowest BCUT2D eigenvalue weighted by Gasteiger charge is -2.21. The molecule has 31 heavy (non-hydrogen) atoms. The maximum Gasteiger partial charge on any atom is 0.225 e. The van der Waals surface area contributed by atoms with Gasteiger partial charge in [0.05, 0.1) is 12.9 Å². The van der Waals surface area contributed by atoms with Crippen molar-refractivity contribution in [3.8, 4) is 0 Å². The van der Waals surface area contributed by atoms with Gasteiger partial charge in [0.15, 0.2) is 5.96 Å². The van der Waals surface area contributed by atoms with Crippen molar-refractivity contribution in [2.75, 3.05) is 19.6 Å². The summed E-state index contributed by atoms with van der Waals surface area (Å²) in [4.78, 5) is 23.6. The van der Waals surface area contributed by atoms with Crippen LogP contribution < -0.4 is 10.6 Å². The van der Waals surface area contributed by atoms with Crippen LogP contribution in [0.15, 0.2) is 48.0 Å². The minimum atomic E-state index is 0.261. The summed E-state index contributed by atoms with van der Waals surface area (Å²) in [6, 6.07) is 8.83. The van der Waals surface area contributed by atoms with Gasteiger partial charge in [0, 0.05) is 50.5 Å². The number of nitrogens with one attached hydrogen (secondary N) is 2. The lowest BCUT2D eigenvalue weighted by atomic mass is 10.1. The van der Waals surface area contributed by atoms with Crippen molar-refractivity contribution >= 4 is 11.9 Å². The predicted octanol–water partition coefficient (Wildman–Crippen LogP) is 2.78. The fraction of sp³-hybridized carbons (Fsp3) is 0.542. The molecular weight excluding hydrogens is 388 g/mol. The number of imidazole rings is 1. The van der Waals surface area contributed by atoms with E-state index in [1.807, 2.05) is 12.5 Å². The van der Waals surface area contributed by atoms with Gasteiger partial charge in [0.25, 0.3) is 0 Å². The molecule has 2 N–H and O–H groups in total. The molecule has 7 heteroatoms. The molecule has 2 aliphatic rings. The Morgan fingerprint density at radius 1 is 1.16 bits per heavy atom. The second-order valence-corrected chi connectivity index (χ2v) is 8.64. The molecule has 2 heterocycles. The molecule has 1 aliphatic heterocycles. The monoisotopic (exact) mass is 422 g/mol. The molecule has 2 fully saturated rings. The molecule has 1 unspecified atom stereocenters. The zero-order chi connectivity index (χ0) is 21.5. The maximum absolute atomic E-state index is 12.7. The van der Waals surface area contributed by atoms with Crippen LogP contribution in [0, 0.1) is 5.92 Å². The number of aromatic nitrogens is 2. The quantitative estimate of drug-likeness (QED) is 0.532. The van der Waals surface area contributed by atoms with Gasteiger partial charge in [-0.1, -0.05) is 37.1 Å². The number of aliphatic imine (C=N–C) groups is 1. The highest BCUT2D eigenvalue weighted by Crippen LogP contribution is 2.27. The first-order chi connectivity index (χ1) is 15.2. The summed E-state index contributed by atoms with van der Waals surface area (Å²) in [6.07, 6.45) is 11.1. The zero-order valence-electron chi connectivity index (χ0n) is 18.5. The SMILES string of the molecule is CCNC(=NCc1ccc(Cn2ccnc2)cc1)NC1CCN(C(=O)C2CCCC2)C1. The summed E-state index contributed by atoms with van der Waals surface area (Å²) in [5.41, 5.74) is 2.42. The second kappa shape index (κ2) is 10.5. The fourth-order valence-electron chi connectivity index (χ4n) is 4.53. The van der Waals surface area contributed by atoms with Crippen molar-refractivity contribution in [1.29, 1.82) is 0 Å². The Kier molecular flexibility index (Phi) is 7.22. The van der Waals surface area contributed by atoms with Gasteiger partial charge in [0.1, 0.15) is 0 Å². The predicted molar refractivity (Wildman–Crippen MR) is 123 cm³/mol. The molecule has 2 aromatic rings. The van der Waals surface area contributed by atoms with E-state index in [9.17, 15) is 4.79 Å². The largest absolute Gasteiger partial charge is 0.357 e. The van der Waals surface area contributed by atoms with E-state index < -0.39 is 0 Å². The van der Waals surface area contributed by atoms with E-state index in [0.717, 1.165) is 51.4 Å². The van der Waals surface area contributed by atoms with E-state index in [0.29, 0.717) is 12.5 Å². The number of carbonyl (C=O) groups excluding carboxylic acids is 1. The maximum atomic E-state index is 12.7. The summed E-state index contributed by atoms with van der Waals surface area (Å²) in [5.74, 6) is 1.45. The van der Waals surface area contributed by atoms with Crippen molar-refractivity contribution in [3.63, 3.8) is 0 Å². The van der Waals surface area contributed by atoms with Gasteiger partial charge in [-0.05, 0) is 37.3 Å². The third-order valence-corrected chi connectivity index (χ3v) is 6.26. The van der Waals surface area contributed by atoms with E-state index in [4.69, 9.17) is 4.99 Å². The molecule has 0 bridgehead atoms. The molecular formula is C24H34N6O. The molecule has 1 aromatic heterocycles. The Bertz CT molecular complexity index is 855. The first kappa shape index (κ1) is 21.4. The average molecular weight is 423 g/mol. The van der Waals surface area contributed by atoms with Crippen LogP contribution >= 0.6 is 0 Å². The van der Waals surface area contributed by atoms with Gasteiger partial charge in [-0.15, -0.1) is 0 Å². The highest BCUT2D eigenvalue weighted by Gasteiger charge is 2.32. The van der Waals surface area contributed by atoms with Crippen LogP contribution in [0.4, 0.5) is 0 Å². The molecule has 1 aromatic carbocycles. The van der Waals surface area contributed by atoms with Crippen molar-refractivity contribution in [1.82, 2.24) is 25.1 Å². The molecule has 4 rings (SSSR count). The van der Waals surface area contributed by atoms with Gasteiger partial charge < -0.3 is 20.1 Å². The van der Waals surface area contributed by atoms with Crippen LogP contribution in [0.3, 0.4) is 0 Å². The van der Waals surface area contributed by atoms with Crippen LogP contribution in [-0.2, 0) is 17.9 Å². The number of hydrogen-bond acceptors (Lipinski definition) is 3. The lowest BCUT2D eigenvalue weighted by molar-refractivity contribution is -0.134. The lowest BCUT2D eigenvalue weighted by Crippen LogP contribution is -2.45. The minimum Gasteiger partial charge on any atom is -0.357 e. The fourth-order valence-corrected chi connectivity index (χ4v) is 4.53. The minimum absolute atomic E-state index is 0.261. The highest BCUT2D eigenvalue weighted by molar-refractivity contribution is 5.81. The van der Waals surface area contributed by atoms with Gasteiger partial charge >= 0.3 is 0 Å². The van der Waals surface area contributed by atoms with Crippen molar-refractivity contribution in [3.05, 3.63) is 54.1 Å². The number of carbonyl (C=O) groups is 1. The molecule has 0 radical (unpaired) electrons. The van der Waals surface area contributed by atoms with Crippen LogP contribution in [0.25, 0.3) is 0 Å². The van der Waals surface area contributed by atoms with E-state index in [2.05, 4.69) is 56.3 Å². The van der Waals surface area contributed by atoms with E-state index in [1.54, 1.807) is 6.20 Å². The standard InChI is InChI=1S/C24H34N6O/c1-2-26-24(28-22-11-13-30(17-22)23(31)21-5-3-4-6-21)27-15-19-7-9-20(10-8-19)16-29-14-12-25-18-29/h7-10,12,14,18,21-22H,2-6,11,13,15-17H2,1H3,(H2,26,27,28). The Labute approximate surface area is 185 Å². The summed E-state index contributed by atoms with van der Waals surface area (Å²) in [7, 11) is 0. The molecule has 1 saturated carbocycles. The molecule has 1 saturated heterocycles. The summed E-state index contributed by atoms with van der Waals surface area (Å²) in [6.45, 7) is 5.97. The molecule has 0 spiro atoms. The van der Waals surface area contributed by atoms with E-state index in [-0.39, 0.29) is 12.0 Å². The van der Waals surface area contributed by atoms with Gasteiger partial charge in [-0.3, -0.25) is 4.79 Å². The Morgan fingerprint density at radius 2 is 1.94 bits per heavy atom. The van der Waals surface area contributed by atoms with Crippen LogP contribution in [0.5, 0.6) is 0 Å². The van der Waals surface area contributed by atoms with Crippen LogP contribution in [0.2, 0.25) is 0 Å². The number of amides is 1. The Hall–Kier alpha value is -2.83. The second-order valence-electron chi connectivity index (χ2n) is 8.64. The number of likely N-dealkylation sites (tertiary alicyclic amines) is 1. The number of guanidine groups is 1. The normalized spacial score (nSPS) is 19.7. The molecule has 166 valence electrons. The third kappa shape index (κ3) is 5.87. The van der Waals surface area contributed by atoms with Crippen molar-refractivity contribution < 1.29 is 4.79 Å². The molecule has 1 aliphatic carbocycles. The van der Waals surface area contributed by atoms with Gasteiger partial charge in [0.2, 0.25) is 5.91 Å². The number of rotatable bonds is 7. The number of hydrogen-bond donors (Lipinski definition) is 2. The summed E-state index contributed by atoms with van der Waals surface area (Å²) >= 11 is 0.